The summed E-state index contributed by atoms with van der Waals surface area (Å²) in [6.45, 7) is 3.46. The molecule has 1 aromatic heterocycles. The van der Waals surface area contributed by atoms with E-state index in [1.54, 1.807) is 26.0 Å². The van der Waals surface area contributed by atoms with Gasteiger partial charge in [0.1, 0.15) is 5.82 Å². The first-order chi connectivity index (χ1) is 9.51. The number of hydrogen-bond acceptors (Lipinski definition) is 5. The molecule has 4 N–H and O–H groups in total. The van der Waals surface area contributed by atoms with E-state index in [0.29, 0.717) is 11.1 Å². The van der Waals surface area contributed by atoms with Gasteiger partial charge in [-0.1, -0.05) is 12.1 Å². The highest BCUT2D eigenvalue weighted by molar-refractivity contribution is 5.43. The minimum atomic E-state index is -0.608. The number of nitrogen functional groups attached to an aromatic ring is 1. The van der Waals surface area contributed by atoms with Gasteiger partial charge in [-0.2, -0.15) is 4.98 Å². The van der Waals surface area contributed by atoms with E-state index < -0.39 is 5.82 Å². The maximum atomic E-state index is 13.6. The van der Waals surface area contributed by atoms with E-state index in [-0.39, 0.29) is 23.6 Å². The number of hydrazine groups is 1. The van der Waals surface area contributed by atoms with E-state index in [1.807, 2.05) is 0 Å². The number of nitrogens with two attached hydrogens (primary N) is 1. The highest BCUT2D eigenvalue weighted by Crippen LogP contribution is 2.22. The van der Waals surface area contributed by atoms with Crippen molar-refractivity contribution in [1.29, 1.82) is 0 Å². The Hall–Kier alpha value is -2.28. The van der Waals surface area contributed by atoms with Crippen LogP contribution in [0.3, 0.4) is 0 Å². The lowest BCUT2D eigenvalue weighted by Crippen LogP contribution is -2.14. The highest BCUT2D eigenvalue weighted by atomic mass is 19.1. The van der Waals surface area contributed by atoms with Crippen LogP contribution < -0.4 is 16.6 Å². The van der Waals surface area contributed by atoms with Crippen LogP contribution in [-0.4, -0.2) is 9.97 Å². The lowest BCUT2D eigenvalue weighted by molar-refractivity contribution is 0.609. The molecule has 20 heavy (non-hydrogen) atoms. The van der Waals surface area contributed by atoms with Gasteiger partial charge in [0, 0.05) is 0 Å². The first kappa shape index (κ1) is 14.1. The summed E-state index contributed by atoms with van der Waals surface area (Å²) < 4.78 is 27.1. The molecule has 2 rings (SSSR count). The Kier molecular flexibility index (Phi) is 4.09. The summed E-state index contributed by atoms with van der Waals surface area (Å²) in [5.41, 5.74) is 3.48. The summed E-state index contributed by atoms with van der Waals surface area (Å²) in [5.74, 6) is 4.36. The molecule has 0 saturated carbocycles. The second-order valence-corrected chi connectivity index (χ2v) is 4.41. The van der Waals surface area contributed by atoms with Gasteiger partial charge in [0.15, 0.2) is 11.6 Å². The van der Waals surface area contributed by atoms with Crippen LogP contribution in [-0.2, 0) is 0 Å². The molecule has 0 fully saturated rings. The van der Waals surface area contributed by atoms with E-state index >= 15 is 0 Å². The van der Waals surface area contributed by atoms with E-state index in [2.05, 4.69) is 20.7 Å². The molecule has 0 aliphatic carbocycles. The fraction of sp³-hybridized carbons (Fsp3) is 0.231. The highest BCUT2D eigenvalue weighted by Gasteiger charge is 2.12. The summed E-state index contributed by atoms with van der Waals surface area (Å²) in [5, 5.41) is 2.86. The molecule has 1 unspecified atom stereocenters. The van der Waals surface area contributed by atoms with E-state index in [1.165, 1.54) is 6.07 Å². The summed E-state index contributed by atoms with van der Waals surface area (Å²) in [7, 11) is 0. The van der Waals surface area contributed by atoms with Crippen molar-refractivity contribution in [3.8, 4) is 0 Å². The van der Waals surface area contributed by atoms with E-state index in [9.17, 15) is 8.78 Å². The van der Waals surface area contributed by atoms with Crippen molar-refractivity contribution < 1.29 is 8.78 Å². The third-order valence-electron chi connectivity index (χ3n) is 2.92. The number of anilines is 2. The third kappa shape index (κ3) is 3.00. The quantitative estimate of drug-likeness (QED) is 0.592. The molecule has 1 atom stereocenters. The molecule has 1 aromatic carbocycles. The van der Waals surface area contributed by atoms with Crippen molar-refractivity contribution in [2.75, 3.05) is 10.7 Å². The zero-order valence-corrected chi connectivity index (χ0v) is 11.1. The van der Waals surface area contributed by atoms with Crippen molar-refractivity contribution in [3.63, 3.8) is 0 Å². The molecule has 0 radical (unpaired) electrons. The normalized spacial score (nSPS) is 12.1. The molecule has 2 aromatic rings. The van der Waals surface area contributed by atoms with E-state index in [0.717, 1.165) is 6.20 Å². The van der Waals surface area contributed by atoms with Crippen LogP contribution >= 0.6 is 0 Å². The summed E-state index contributed by atoms with van der Waals surface area (Å²) in [6.07, 6.45) is 1.01. The van der Waals surface area contributed by atoms with Gasteiger partial charge in [0.05, 0.1) is 12.2 Å². The van der Waals surface area contributed by atoms with Crippen LogP contribution in [0.25, 0.3) is 0 Å². The number of aromatic nitrogens is 2. The Morgan fingerprint density at radius 3 is 2.65 bits per heavy atom. The zero-order chi connectivity index (χ0) is 14.7. The van der Waals surface area contributed by atoms with Crippen LogP contribution in [0.5, 0.6) is 0 Å². The van der Waals surface area contributed by atoms with Crippen molar-refractivity contribution in [1.82, 2.24) is 9.97 Å². The lowest BCUT2D eigenvalue weighted by Gasteiger charge is -2.16. The van der Waals surface area contributed by atoms with Crippen LogP contribution in [0.1, 0.15) is 24.1 Å². The molecule has 5 nitrogen and oxygen atoms in total. The SMILES string of the molecule is Cc1ccc(C(C)Nc2nc(NN)ncc2F)cc1F. The van der Waals surface area contributed by atoms with Gasteiger partial charge in [-0.25, -0.2) is 19.6 Å². The number of halogens is 2. The minimum Gasteiger partial charge on any atom is -0.361 e. The number of aryl methyl sites for hydroxylation is 1. The number of benzene rings is 1. The predicted octanol–water partition coefficient (Wildman–Crippen LogP) is 2.52. The second kappa shape index (κ2) is 5.79. The molecule has 7 heteroatoms. The monoisotopic (exact) mass is 279 g/mol. The first-order valence-electron chi connectivity index (χ1n) is 6.03. The Morgan fingerprint density at radius 1 is 1.25 bits per heavy atom. The van der Waals surface area contributed by atoms with Crippen molar-refractivity contribution in [2.45, 2.75) is 19.9 Å². The Labute approximate surface area is 115 Å². The van der Waals surface area contributed by atoms with Crippen LogP contribution in [0.2, 0.25) is 0 Å². The smallest absolute Gasteiger partial charge is 0.239 e. The summed E-state index contributed by atoms with van der Waals surface area (Å²) in [4.78, 5) is 7.51. The second-order valence-electron chi connectivity index (χ2n) is 4.41. The van der Waals surface area contributed by atoms with Crippen molar-refractivity contribution in [3.05, 3.63) is 47.2 Å². The molecule has 0 aliphatic rings. The molecule has 106 valence electrons. The average Bonchev–Trinajstić information content (AvgIpc) is 2.44. The summed E-state index contributed by atoms with van der Waals surface area (Å²) in [6, 6.07) is 4.54. The maximum Gasteiger partial charge on any atom is 0.239 e. The van der Waals surface area contributed by atoms with Crippen molar-refractivity contribution >= 4 is 11.8 Å². The van der Waals surface area contributed by atoms with Crippen molar-refractivity contribution in [2.24, 2.45) is 5.84 Å². The van der Waals surface area contributed by atoms with Gasteiger partial charge in [-0.3, -0.25) is 5.43 Å². The topological polar surface area (TPSA) is 75.9 Å². The number of nitrogens with one attached hydrogen (secondary N) is 2. The Morgan fingerprint density at radius 2 is 2.00 bits per heavy atom. The van der Waals surface area contributed by atoms with Crippen LogP contribution in [0, 0.1) is 18.6 Å². The molecule has 0 bridgehead atoms. The largest absolute Gasteiger partial charge is 0.361 e. The van der Waals surface area contributed by atoms with Gasteiger partial charge in [0.25, 0.3) is 0 Å². The van der Waals surface area contributed by atoms with Crippen LogP contribution in [0.4, 0.5) is 20.5 Å². The Balaban J connectivity index is 2.22. The lowest BCUT2D eigenvalue weighted by atomic mass is 10.1. The molecular weight excluding hydrogens is 264 g/mol. The van der Waals surface area contributed by atoms with Gasteiger partial charge in [0.2, 0.25) is 5.95 Å². The molecule has 0 spiro atoms. The predicted molar refractivity (Wildman–Crippen MR) is 73.0 cm³/mol. The molecule has 1 heterocycles. The number of hydrogen-bond donors (Lipinski definition) is 3. The van der Waals surface area contributed by atoms with Gasteiger partial charge < -0.3 is 5.32 Å². The van der Waals surface area contributed by atoms with Gasteiger partial charge >= 0.3 is 0 Å². The van der Waals surface area contributed by atoms with Gasteiger partial charge in [-0.05, 0) is 31.0 Å². The molecular formula is C13H15F2N5. The molecule has 0 aliphatic heterocycles. The van der Waals surface area contributed by atoms with E-state index in [4.69, 9.17) is 5.84 Å². The maximum absolute atomic E-state index is 13.6. The van der Waals surface area contributed by atoms with Crippen LogP contribution in [0.15, 0.2) is 24.4 Å². The number of nitrogens with zero attached hydrogens (tertiary/aromatic N) is 2. The number of rotatable bonds is 4. The standard InChI is InChI=1S/C13H15F2N5/c1-7-3-4-9(5-10(7)14)8(2)18-12-11(15)6-17-13(19-12)20-16/h3-6,8H,16H2,1-2H3,(H2,17,18,19,20). The third-order valence-corrected chi connectivity index (χ3v) is 2.92. The summed E-state index contributed by atoms with van der Waals surface area (Å²) >= 11 is 0. The average molecular weight is 279 g/mol. The fourth-order valence-electron chi connectivity index (χ4n) is 1.70. The van der Waals surface area contributed by atoms with Gasteiger partial charge in [-0.15, -0.1) is 0 Å². The fourth-order valence-corrected chi connectivity index (χ4v) is 1.70. The minimum absolute atomic E-state index is 0.00133. The molecule has 0 amide bonds. The first-order valence-corrected chi connectivity index (χ1v) is 6.03. The zero-order valence-electron chi connectivity index (χ0n) is 11.1. The Bertz CT molecular complexity index is 618. The molecule has 0 saturated heterocycles.